The molecule has 11 heteroatoms. The summed E-state index contributed by atoms with van der Waals surface area (Å²) in [6, 6.07) is 6.31. The Morgan fingerprint density at radius 1 is 1.34 bits per heavy atom. The number of hydrazine groups is 1. The predicted molar refractivity (Wildman–Crippen MR) is 102 cm³/mol. The van der Waals surface area contributed by atoms with Gasteiger partial charge in [0, 0.05) is 10.6 Å². The number of halogens is 1. The van der Waals surface area contributed by atoms with Gasteiger partial charge in [-0.15, -0.1) is 10.2 Å². The maximum absolute atomic E-state index is 12.8. The van der Waals surface area contributed by atoms with Crippen LogP contribution in [0.3, 0.4) is 0 Å². The van der Waals surface area contributed by atoms with Crippen molar-refractivity contribution >= 4 is 29.4 Å². The van der Waals surface area contributed by atoms with Gasteiger partial charge in [-0.05, 0) is 48.9 Å². The summed E-state index contributed by atoms with van der Waals surface area (Å²) in [6.45, 7) is 1.82. The van der Waals surface area contributed by atoms with E-state index >= 15 is 0 Å². The molecule has 2 fully saturated rings. The number of carbonyl (C=O) groups is 3. The van der Waals surface area contributed by atoms with Crippen LogP contribution in [-0.2, 0) is 16.1 Å². The zero-order valence-electron chi connectivity index (χ0n) is 15.8. The van der Waals surface area contributed by atoms with E-state index in [1.54, 1.807) is 24.3 Å². The number of carbonyl (C=O) groups excluding carboxylic acids is 3. The molecule has 1 saturated carbocycles. The normalized spacial score (nSPS) is 24.1. The van der Waals surface area contributed by atoms with E-state index in [9.17, 15) is 14.4 Å². The van der Waals surface area contributed by atoms with Crippen molar-refractivity contribution in [2.75, 3.05) is 0 Å². The third-order valence-electron chi connectivity index (χ3n) is 5.35. The van der Waals surface area contributed by atoms with E-state index in [0.29, 0.717) is 35.2 Å². The summed E-state index contributed by atoms with van der Waals surface area (Å²) >= 11 is 5.96. The number of hydrogen-bond acceptors (Lipinski definition) is 6. The first-order valence-corrected chi connectivity index (χ1v) is 9.74. The fraction of sp³-hybridized carbons (Fsp3) is 0.444. The molecular weight excluding hydrogens is 398 g/mol. The molecule has 2 heterocycles. The summed E-state index contributed by atoms with van der Waals surface area (Å²) in [4.78, 5) is 38.5. The van der Waals surface area contributed by atoms with Gasteiger partial charge in [-0.1, -0.05) is 30.7 Å². The van der Waals surface area contributed by atoms with Crippen LogP contribution in [0.15, 0.2) is 24.3 Å². The fourth-order valence-corrected chi connectivity index (χ4v) is 3.85. The molecule has 0 radical (unpaired) electrons. The summed E-state index contributed by atoms with van der Waals surface area (Å²) in [6.07, 6.45) is 2.84. The van der Waals surface area contributed by atoms with Crippen molar-refractivity contribution in [3.63, 3.8) is 0 Å². The van der Waals surface area contributed by atoms with Gasteiger partial charge in [0.15, 0.2) is 0 Å². The number of aromatic nitrogens is 4. The molecule has 2 aliphatic rings. The minimum atomic E-state index is -0.915. The Labute approximate surface area is 171 Å². The highest BCUT2D eigenvalue weighted by Crippen LogP contribution is 2.35. The average molecular weight is 418 g/mol. The Balaban J connectivity index is 1.40. The first kappa shape index (κ1) is 19.3. The third kappa shape index (κ3) is 3.80. The minimum absolute atomic E-state index is 0.297. The smallest absolute Gasteiger partial charge is 0.322 e. The highest BCUT2D eigenvalue weighted by atomic mass is 35.5. The Hall–Kier alpha value is -3.01. The molecule has 2 aromatic rings. The number of nitrogens with one attached hydrogen (secondary N) is 2. The summed E-state index contributed by atoms with van der Waals surface area (Å²) in [5.74, 6) is -0.203. The molecule has 0 unspecified atom stereocenters. The van der Waals surface area contributed by atoms with Gasteiger partial charge >= 0.3 is 6.03 Å². The van der Waals surface area contributed by atoms with Crippen LogP contribution in [0.25, 0.3) is 11.4 Å². The number of urea groups is 1. The molecule has 29 heavy (non-hydrogen) atoms. The molecule has 4 amide bonds. The van der Waals surface area contributed by atoms with Gasteiger partial charge in [-0.2, -0.15) is 9.81 Å². The van der Waals surface area contributed by atoms with Crippen molar-refractivity contribution in [2.24, 2.45) is 5.92 Å². The number of tetrazole rings is 1. The lowest BCUT2D eigenvalue weighted by Crippen LogP contribution is -2.52. The lowest BCUT2D eigenvalue weighted by atomic mass is 9.77. The molecule has 1 aromatic heterocycles. The lowest BCUT2D eigenvalue weighted by molar-refractivity contribution is -0.140. The van der Waals surface area contributed by atoms with Crippen LogP contribution in [-0.4, -0.2) is 48.6 Å². The van der Waals surface area contributed by atoms with Crippen LogP contribution in [0, 0.1) is 5.92 Å². The van der Waals surface area contributed by atoms with Gasteiger partial charge < -0.3 is 5.32 Å². The lowest BCUT2D eigenvalue weighted by Gasteiger charge is -2.33. The van der Waals surface area contributed by atoms with Gasteiger partial charge in [-0.25, -0.2) is 4.79 Å². The molecule has 0 atom stereocenters. The molecule has 1 aliphatic carbocycles. The van der Waals surface area contributed by atoms with Gasteiger partial charge in [-0.3, -0.25) is 15.0 Å². The van der Waals surface area contributed by atoms with E-state index in [-0.39, 0.29) is 6.54 Å². The van der Waals surface area contributed by atoms with Crippen LogP contribution in [0.5, 0.6) is 0 Å². The van der Waals surface area contributed by atoms with E-state index in [4.69, 9.17) is 11.6 Å². The maximum Gasteiger partial charge on any atom is 0.344 e. The molecule has 10 nitrogen and oxygen atoms in total. The fourth-order valence-electron chi connectivity index (χ4n) is 3.66. The maximum atomic E-state index is 12.8. The van der Waals surface area contributed by atoms with Gasteiger partial charge in [0.25, 0.3) is 11.8 Å². The van der Waals surface area contributed by atoms with Crippen molar-refractivity contribution in [2.45, 2.75) is 44.7 Å². The Bertz CT molecular complexity index is 968. The van der Waals surface area contributed by atoms with Gasteiger partial charge in [0.05, 0.1) is 0 Å². The van der Waals surface area contributed by atoms with E-state index in [0.717, 1.165) is 22.6 Å². The number of rotatable bonds is 4. The first-order valence-electron chi connectivity index (χ1n) is 9.36. The Morgan fingerprint density at radius 2 is 2.10 bits per heavy atom. The minimum Gasteiger partial charge on any atom is -0.322 e. The second-order valence-electron chi connectivity index (χ2n) is 7.52. The summed E-state index contributed by atoms with van der Waals surface area (Å²) < 4.78 is 0. The molecule has 1 spiro atoms. The van der Waals surface area contributed by atoms with E-state index in [1.807, 2.05) is 0 Å². The van der Waals surface area contributed by atoms with Crippen molar-refractivity contribution in [1.29, 1.82) is 0 Å². The second kappa shape index (κ2) is 7.43. The van der Waals surface area contributed by atoms with Gasteiger partial charge in [0.2, 0.25) is 5.82 Å². The average Bonchev–Trinajstić information content (AvgIpc) is 3.23. The van der Waals surface area contributed by atoms with Crippen LogP contribution in [0.4, 0.5) is 4.79 Å². The SMILES string of the molecule is CC1CCC2(CC1)NC(=O)N(NC(=O)Cn1nnc(-c3cccc(Cl)c3)n1)C2=O. The van der Waals surface area contributed by atoms with Crippen LogP contribution >= 0.6 is 11.6 Å². The van der Waals surface area contributed by atoms with Crippen molar-refractivity contribution < 1.29 is 14.4 Å². The Morgan fingerprint density at radius 3 is 2.83 bits per heavy atom. The van der Waals surface area contributed by atoms with E-state index in [1.165, 1.54) is 0 Å². The number of amides is 4. The highest BCUT2D eigenvalue weighted by Gasteiger charge is 2.52. The predicted octanol–water partition coefficient (Wildman–Crippen LogP) is 1.53. The second-order valence-corrected chi connectivity index (χ2v) is 7.96. The number of nitrogens with zero attached hydrogens (tertiary/aromatic N) is 5. The molecule has 4 rings (SSSR count). The Kier molecular flexibility index (Phi) is 4.95. The monoisotopic (exact) mass is 417 g/mol. The number of hydrogen-bond donors (Lipinski definition) is 2. The molecule has 152 valence electrons. The summed E-state index contributed by atoms with van der Waals surface area (Å²) in [5.41, 5.74) is 2.10. The topological polar surface area (TPSA) is 122 Å². The quantitative estimate of drug-likeness (QED) is 0.727. The van der Waals surface area contributed by atoms with E-state index in [2.05, 4.69) is 33.1 Å². The first-order chi connectivity index (χ1) is 13.9. The van der Waals surface area contributed by atoms with Crippen molar-refractivity contribution in [3.05, 3.63) is 29.3 Å². The molecule has 0 bridgehead atoms. The summed E-state index contributed by atoms with van der Waals surface area (Å²) in [7, 11) is 0. The molecule has 2 N–H and O–H groups in total. The van der Waals surface area contributed by atoms with Gasteiger partial charge in [0.1, 0.15) is 12.1 Å². The summed E-state index contributed by atoms with van der Waals surface area (Å²) in [5, 5.41) is 15.9. The molecular formula is C18H20ClN7O3. The standard InChI is InChI=1S/C18H20ClN7O3/c1-11-5-7-18(8-6-11)16(28)26(17(29)20-18)22-14(27)10-25-23-15(21-24-25)12-3-2-4-13(19)9-12/h2-4,9,11H,5-8,10H2,1H3,(H,20,29)(H,22,27). The molecule has 1 saturated heterocycles. The number of benzene rings is 1. The molecule has 1 aromatic carbocycles. The van der Waals surface area contributed by atoms with Crippen LogP contribution in [0.1, 0.15) is 32.6 Å². The third-order valence-corrected chi connectivity index (χ3v) is 5.58. The molecule has 1 aliphatic heterocycles. The zero-order chi connectivity index (χ0) is 20.6. The van der Waals surface area contributed by atoms with Crippen molar-refractivity contribution in [1.82, 2.24) is 36.0 Å². The number of imide groups is 1. The zero-order valence-corrected chi connectivity index (χ0v) is 16.5. The highest BCUT2D eigenvalue weighted by molar-refractivity contribution is 6.30. The van der Waals surface area contributed by atoms with Crippen LogP contribution < -0.4 is 10.7 Å². The van der Waals surface area contributed by atoms with E-state index < -0.39 is 23.4 Å². The largest absolute Gasteiger partial charge is 0.344 e. The van der Waals surface area contributed by atoms with Crippen LogP contribution in [0.2, 0.25) is 5.02 Å². The van der Waals surface area contributed by atoms with Crippen molar-refractivity contribution in [3.8, 4) is 11.4 Å².